The summed E-state index contributed by atoms with van der Waals surface area (Å²) in [6, 6.07) is 0. The van der Waals surface area contributed by atoms with Gasteiger partial charge in [0.25, 0.3) is 4.90 Å². The summed E-state index contributed by atoms with van der Waals surface area (Å²) in [4.78, 5) is 0.655. The Labute approximate surface area is 62.1 Å². The number of halogens is 1. The molecule has 9 heavy (non-hydrogen) atoms. The SMILES string of the molecule is Brc1noc2snnc12. The molecule has 2 aromatic heterocycles. The van der Waals surface area contributed by atoms with Crippen molar-refractivity contribution in [3.8, 4) is 0 Å². The zero-order valence-electron chi connectivity index (χ0n) is 4.04. The van der Waals surface area contributed by atoms with Gasteiger partial charge in [0.15, 0.2) is 10.1 Å². The van der Waals surface area contributed by atoms with E-state index >= 15 is 0 Å². The molecule has 4 nitrogen and oxygen atoms in total. The number of nitrogens with zero attached hydrogens (tertiary/aromatic N) is 3. The number of hydrogen-bond acceptors (Lipinski definition) is 5. The molecule has 0 amide bonds. The van der Waals surface area contributed by atoms with E-state index in [1.165, 1.54) is 11.5 Å². The number of hydrogen-bond donors (Lipinski definition) is 0. The quantitative estimate of drug-likeness (QED) is 0.654. The van der Waals surface area contributed by atoms with Gasteiger partial charge in [-0.15, -0.1) is 5.10 Å². The summed E-state index contributed by atoms with van der Waals surface area (Å²) in [5.41, 5.74) is 0.694. The molecule has 2 rings (SSSR count). The predicted molar refractivity (Wildman–Crippen MR) is 35.2 cm³/mol. The molecule has 0 aliphatic carbocycles. The van der Waals surface area contributed by atoms with E-state index in [-0.39, 0.29) is 0 Å². The molecule has 46 valence electrons. The largest absolute Gasteiger partial charge is 0.341 e. The molecule has 0 saturated carbocycles. The van der Waals surface area contributed by atoms with E-state index < -0.39 is 0 Å². The molecule has 0 spiro atoms. The van der Waals surface area contributed by atoms with Crippen LogP contribution in [0.25, 0.3) is 10.4 Å². The van der Waals surface area contributed by atoms with Crippen LogP contribution < -0.4 is 0 Å². The lowest BCUT2D eigenvalue weighted by Gasteiger charge is -1.65. The summed E-state index contributed by atoms with van der Waals surface area (Å²) < 4.78 is 9.05. The molecule has 2 heterocycles. The third kappa shape index (κ3) is 0.665. The lowest BCUT2D eigenvalue weighted by molar-refractivity contribution is 0.456. The van der Waals surface area contributed by atoms with E-state index in [1.807, 2.05) is 0 Å². The van der Waals surface area contributed by atoms with Crippen LogP contribution in [-0.4, -0.2) is 14.7 Å². The molecule has 0 bridgehead atoms. The Hall–Kier alpha value is -0.490. The van der Waals surface area contributed by atoms with E-state index in [0.29, 0.717) is 15.0 Å². The monoisotopic (exact) mass is 205 g/mol. The van der Waals surface area contributed by atoms with Crippen molar-refractivity contribution >= 4 is 37.9 Å². The number of rotatable bonds is 0. The predicted octanol–water partition coefficient (Wildman–Crippen LogP) is 1.44. The zero-order chi connectivity index (χ0) is 6.27. The second kappa shape index (κ2) is 1.74. The van der Waals surface area contributed by atoms with Crippen LogP contribution >= 0.6 is 27.5 Å². The van der Waals surface area contributed by atoms with Crippen LogP contribution in [0.4, 0.5) is 0 Å². The maximum absolute atomic E-state index is 4.79. The molecule has 0 aromatic carbocycles. The highest BCUT2D eigenvalue weighted by molar-refractivity contribution is 9.10. The first-order valence-electron chi connectivity index (χ1n) is 2.11. The first-order chi connectivity index (χ1) is 4.38. The van der Waals surface area contributed by atoms with Crippen molar-refractivity contribution in [2.24, 2.45) is 0 Å². The van der Waals surface area contributed by atoms with Crippen LogP contribution in [0.5, 0.6) is 0 Å². The Balaban J connectivity index is 2.99. The summed E-state index contributed by atoms with van der Waals surface area (Å²) in [5.74, 6) is 0. The summed E-state index contributed by atoms with van der Waals surface area (Å²) in [7, 11) is 0. The minimum Gasteiger partial charge on any atom is -0.341 e. The Morgan fingerprint density at radius 1 is 1.56 bits per heavy atom. The average Bonchev–Trinajstić information content (AvgIpc) is 2.35. The molecule has 0 saturated heterocycles. The Morgan fingerprint density at radius 2 is 2.44 bits per heavy atom. The lowest BCUT2D eigenvalue weighted by Crippen LogP contribution is -1.64. The van der Waals surface area contributed by atoms with Crippen LogP contribution in [-0.2, 0) is 0 Å². The normalized spacial score (nSPS) is 10.8. The van der Waals surface area contributed by atoms with Gasteiger partial charge in [-0.25, -0.2) is 0 Å². The van der Waals surface area contributed by atoms with Gasteiger partial charge in [0.1, 0.15) is 0 Å². The van der Waals surface area contributed by atoms with Gasteiger partial charge in [0.2, 0.25) is 0 Å². The Morgan fingerprint density at radius 3 is 3.22 bits per heavy atom. The molecule has 0 atom stereocenters. The van der Waals surface area contributed by atoms with Gasteiger partial charge in [-0.3, -0.25) is 0 Å². The van der Waals surface area contributed by atoms with Gasteiger partial charge in [0, 0.05) is 11.5 Å². The maximum Gasteiger partial charge on any atom is 0.261 e. The van der Waals surface area contributed by atoms with E-state index in [9.17, 15) is 0 Å². The summed E-state index contributed by atoms with van der Waals surface area (Å²) in [6.07, 6.45) is 0. The lowest BCUT2D eigenvalue weighted by atomic mass is 10.7. The smallest absolute Gasteiger partial charge is 0.261 e. The van der Waals surface area contributed by atoms with Crippen LogP contribution in [0.15, 0.2) is 9.13 Å². The molecule has 2 aromatic rings. The molecular formula is C3BrN3OS. The summed E-state index contributed by atoms with van der Waals surface area (Å²) in [5, 5.41) is 7.35. The van der Waals surface area contributed by atoms with Gasteiger partial charge >= 0.3 is 0 Å². The minimum atomic E-state index is 0.617. The van der Waals surface area contributed by atoms with Crippen LogP contribution in [0, 0.1) is 0 Å². The molecule has 0 N–H and O–H groups in total. The Bertz CT molecular complexity index is 328. The van der Waals surface area contributed by atoms with Crippen LogP contribution in [0.1, 0.15) is 0 Å². The van der Waals surface area contributed by atoms with Gasteiger partial charge in [0.05, 0.1) is 0 Å². The Kier molecular flexibility index (Phi) is 1.03. The molecule has 0 unspecified atom stereocenters. The highest BCUT2D eigenvalue weighted by Crippen LogP contribution is 2.22. The third-order valence-corrected chi connectivity index (χ3v) is 1.98. The van der Waals surface area contributed by atoms with E-state index in [1.54, 1.807) is 0 Å². The summed E-state index contributed by atoms with van der Waals surface area (Å²) in [6.45, 7) is 0. The van der Waals surface area contributed by atoms with E-state index in [0.717, 1.165) is 0 Å². The van der Waals surface area contributed by atoms with Crippen LogP contribution in [0.2, 0.25) is 0 Å². The fourth-order valence-electron chi connectivity index (χ4n) is 0.493. The highest BCUT2D eigenvalue weighted by Gasteiger charge is 2.07. The molecule has 0 radical (unpaired) electrons. The second-order valence-corrected chi connectivity index (χ2v) is 2.85. The average molecular weight is 206 g/mol. The summed E-state index contributed by atoms with van der Waals surface area (Å²) >= 11 is 4.33. The van der Waals surface area contributed by atoms with Crippen molar-refractivity contribution in [1.29, 1.82) is 0 Å². The van der Waals surface area contributed by atoms with Crippen molar-refractivity contribution in [2.75, 3.05) is 0 Å². The van der Waals surface area contributed by atoms with Crippen molar-refractivity contribution in [1.82, 2.24) is 14.7 Å². The standard InChI is InChI=1S/C3BrN3OS/c4-2-1-3(8-6-2)9-7-5-1. The first-order valence-corrected chi connectivity index (χ1v) is 3.68. The van der Waals surface area contributed by atoms with Crippen molar-refractivity contribution in [2.45, 2.75) is 0 Å². The van der Waals surface area contributed by atoms with Crippen molar-refractivity contribution in [3.05, 3.63) is 4.60 Å². The first kappa shape index (κ1) is 5.31. The van der Waals surface area contributed by atoms with Gasteiger partial charge in [-0.2, -0.15) is 0 Å². The maximum atomic E-state index is 4.79. The highest BCUT2D eigenvalue weighted by atomic mass is 79.9. The van der Waals surface area contributed by atoms with Crippen LogP contribution in [0.3, 0.4) is 0 Å². The van der Waals surface area contributed by atoms with Gasteiger partial charge in [-0.1, -0.05) is 9.64 Å². The molecule has 0 fully saturated rings. The van der Waals surface area contributed by atoms with E-state index in [2.05, 4.69) is 30.7 Å². The number of aromatic nitrogens is 3. The van der Waals surface area contributed by atoms with Gasteiger partial charge in [-0.05, 0) is 15.9 Å². The molecule has 0 aliphatic heterocycles. The topological polar surface area (TPSA) is 51.8 Å². The number of fused-ring (bicyclic) bond motifs is 1. The fourth-order valence-corrected chi connectivity index (χ4v) is 1.45. The van der Waals surface area contributed by atoms with E-state index in [4.69, 9.17) is 4.52 Å². The van der Waals surface area contributed by atoms with Gasteiger partial charge < -0.3 is 4.52 Å². The van der Waals surface area contributed by atoms with Crippen molar-refractivity contribution < 1.29 is 4.52 Å². The zero-order valence-corrected chi connectivity index (χ0v) is 6.44. The minimum absolute atomic E-state index is 0.617. The second-order valence-electron chi connectivity index (χ2n) is 1.38. The fraction of sp³-hybridized carbons (Fsp3) is 0. The molecular weight excluding hydrogens is 206 g/mol. The molecule has 6 heteroatoms. The molecule has 0 aliphatic rings. The third-order valence-electron chi connectivity index (χ3n) is 0.862. The van der Waals surface area contributed by atoms with Crippen molar-refractivity contribution in [3.63, 3.8) is 0 Å².